The molecule has 1 aliphatic rings. The Kier molecular flexibility index (Phi) is 4.69. The van der Waals surface area contributed by atoms with Crippen LogP contribution in [0.5, 0.6) is 0 Å². The third kappa shape index (κ3) is 2.99. The second kappa shape index (κ2) is 6.73. The third-order valence-electron chi connectivity index (χ3n) is 4.47. The van der Waals surface area contributed by atoms with E-state index in [1.807, 2.05) is 24.3 Å². The third-order valence-corrected chi connectivity index (χ3v) is 4.47. The fourth-order valence-corrected chi connectivity index (χ4v) is 3.41. The molecule has 0 spiro atoms. The topological polar surface area (TPSA) is 25.2 Å². The largest absolute Gasteiger partial charge is 0.456 e. The molecule has 4 heteroatoms. The highest BCUT2D eigenvalue weighted by Crippen LogP contribution is 2.41. The van der Waals surface area contributed by atoms with E-state index in [-0.39, 0.29) is 18.2 Å². The van der Waals surface area contributed by atoms with Crippen molar-refractivity contribution in [2.24, 2.45) is 0 Å². The van der Waals surface area contributed by atoms with Gasteiger partial charge in [-0.05, 0) is 44.0 Å². The summed E-state index contributed by atoms with van der Waals surface area (Å²) < 4.78 is 19.6. The molecular formula is C19H19ClFNO. The second-order valence-corrected chi connectivity index (χ2v) is 5.88. The number of furan rings is 1. The molecular weight excluding hydrogens is 313 g/mol. The van der Waals surface area contributed by atoms with Gasteiger partial charge in [-0.15, -0.1) is 12.4 Å². The van der Waals surface area contributed by atoms with Crippen LogP contribution in [0.25, 0.3) is 22.3 Å². The Morgan fingerprint density at radius 1 is 1.00 bits per heavy atom. The standard InChI is InChI=1S/C19H18FNO.ClH/c20-15-6-7-16-17(12-15)22-19(14-4-2-1-3-5-14)18(16)13-8-10-21-11-9-13;/h1-7,12-13,21H,8-11H2;1H. The highest BCUT2D eigenvalue weighted by molar-refractivity contribution is 5.88. The van der Waals surface area contributed by atoms with Crippen LogP contribution < -0.4 is 5.32 Å². The van der Waals surface area contributed by atoms with Gasteiger partial charge in [-0.3, -0.25) is 0 Å². The van der Waals surface area contributed by atoms with Crippen LogP contribution in [0.15, 0.2) is 52.9 Å². The van der Waals surface area contributed by atoms with Crippen LogP contribution in [0.2, 0.25) is 0 Å². The predicted molar refractivity (Wildman–Crippen MR) is 93.7 cm³/mol. The van der Waals surface area contributed by atoms with Crippen LogP contribution in [0.4, 0.5) is 4.39 Å². The predicted octanol–water partition coefficient (Wildman–Crippen LogP) is 5.13. The molecule has 1 N–H and O–H groups in total. The number of nitrogens with one attached hydrogen (secondary N) is 1. The molecule has 3 aromatic rings. The first-order valence-corrected chi connectivity index (χ1v) is 7.81. The maximum atomic E-state index is 13.6. The van der Waals surface area contributed by atoms with Gasteiger partial charge in [0.25, 0.3) is 0 Å². The van der Waals surface area contributed by atoms with Crippen LogP contribution in [0.3, 0.4) is 0 Å². The molecule has 2 aromatic carbocycles. The van der Waals surface area contributed by atoms with Gasteiger partial charge in [0.1, 0.15) is 17.2 Å². The molecule has 0 amide bonds. The van der Waals surface area contributed by atoms with Gasteiger partial charge in [-0.1, -0.05) is 30.3 Å². The fourth-order valence-electron chi connectivity index (χ4n) is 3.41. The summed E-state index contributed by atoms with van der Waals surface area (Å²) in [5.41, 5.74) is 2.95. The van der Waals surface area contributed by atoms with Crippen LogP contribution in [-0.2, 0) is 0 Å². The summed E-state index contributed by atoms with van der Waals surface area (Å²) in [4.78, 5) is 0. The Hall–Kier alpha value is -1.84. The van der Waals surface area contributed by atoms with Gasteiger partial charge < -0.3 is 9.73 Å². The lowest BCUT2D eigenvalue weighted by atomic mass is 9.87. The molecule has 1 fully saturated rings. The van der Waals surface area contributed by atoms with Gasteiger partial charge in [0.2, 0.25) is 0 Å². The van der Waals surface area contributed by atoms with Crippen molar-refractivity contribution in [3.05, 3.63) is 59.9 Å². The van der Waals surface area contributed by atoms with E-state index in [4.69, 9.17) is 4.42 Å². The molecule has 1 saturated heterocycles. The smallest absolute Gasteiger partial charge is 0.138 e. The van der Waals surface area contributed by atoms with Crippen molar-refractivity contribution in [3.8, 4) is 11.3 Å². The lowest BCUT2D eigenvalue weighted by Gasteiger charge is -2.23. The number of fused-ring (bicyclic) bond motifs is 1. The number of piperidine rings is 1. The summed E-state index contributed by atoms with van der Waals surface area (Å²) in [7, 11) is 0. The zero-order valence-electron chi connectivity index (χ0n) is 12.7. The molecule has 0 aliphatic carbocycles. The molecule has 0 atom stereocenters. The molecule has 0 saturated carbocycles. The van der Waals surface area contributed by atoms with E-state index in [2.05, 4.69) is 17.4 Å². The Morgan fingerprint density at radius 3 is 2.48 bits per heavy atom. The van der Waals surface area contributed by atoms with E-state index in [1.165, 1.54) is 17.7 Å². The molecule has 2 nitrogen and oxygen atoms in total. The summed E-state index contributed by atoms with van der Waals surface area (Å²) in [6.45, 7) is 2.04. The number of benzene rings is 2. The molecule has 1 aromatic heterocycles. The van der Waals surface area contributed by atoms with Crippen LogP contribution in [-0.4, -0.2) is 13.1 Å². The summed E-state index contributed by atoms with van der Waals surface area (Å²) in [5.74, 6) is 1.11. The van der Waals surface area contributed by atoms with Gasteiger partial charge in [-0.25, -0.2) is 4.39 Å². The Balaban J connectivity index is 0.00000156. The highest BCUT2D eigenvalue weighted by Gasteiger charge is 2.25. The van der Waals surface area contributed by atoms with Crippen molar-refractivity contribution < 1.29 is 8.81 Å². The van der Waals surface area contributed by atoms with E-state index >= 15 is 0 Å². The number of hydrogen-bond acceptors (Lipinski definition) is 2. The van der Waals surface area contributed by atoms with E-state index in [0.29, 0.717) is 11.5 Å². The number of hydrogen-bond donors (Lipinski definition) is 1. The number of rotatable bonds is 2. The zero-order chi connectivity index (χ0) is 14.9. The first-order chi connectivity index (χ1) is 10.8. The van der Waals surface area contributed by atoms with E-state index < -0.39 is 0 Å². The van der Waals surface area contributed by atoms with E-state index in [9.17, 15) is 4.39 Å². The monoisotopic (exact) mass is 331 g/mol. The van der Waals surface area contributed by atoms with Crippen molar-refractivity contribution in [2.45, 2.75) is 18.8 Å². The average Bonchev–Trinajstić information content (AvgIpc) is 2.95. The maximum absolute atomic E-state index is 13.6. The van der Waals surface area contributed by atoms with Crippen molar-refractivity contribution in [3.63, 3.8) is 0 Å². The summed E-state index contributed by atoms with van der Waals surface area (Å²) in [6, 6.07) is 15.0. The summed E-state index contributed by atoms with van der Waals surface area (Å²) in [6.07, 6.45) is 2.18. The second-order valence-electron chi connectivity index (χ2n) is 5.88. The highest BCUT2D eigenvalue weighted by atomic mass is 35.5. The fraction of sp³-hybridized carbons (Fsp3) is 0.263. The van der Waals surface area contributed by atoms with Crippen LogP contribution >= 0.6 is 12.4 Å². The molecule has 1 aliphatic heterocycles. The van der Waals surface area contributed by atoms with Gasteiger partial charge in [0.05, 0.1) is 0 Å². The van der Waals surface area contributed by atoms with Crippen molar-refractivity contribution in [2.75, 3.05) is 13.1 Å². The number of halogens is 2. The van der Waals surface area contributed by atoms with E-state index in [1.54, 1.807) is 0 Å². The Labute approximate surface area is 141 Å². The SMILES string of the molecule is Cl.Fc1ccc2c(C3CCNCC3)c(-c3ccccc3)oc2c1. The minimum Gasteiger partial charge on any atom is -0.456 e. The van der Waals surface area contributed by atoms with E-state index in [0.717, 1.165) is 42.6 Å². The first-order valence-electron chi connectivity index (χ1n) is 7.81. The first kappa shape index (κ1) is 16.0. The minimum atomic E-state index is -0.252. The molecule has 0 bridgehead atoms. The van der Waals surface area contributed by atoms with Crippen LogP contribution in [0.1, 0.15) is 24.3 Å². The quantitative estimate of drug-likeness (QED) is 0.704. The van der Waals surface area contributed by atoms with Crippen LogP contribution in [0, 0.1) is 5.82 Å². The average molecular weight is 332 g/mol. The molecule has 0 unspecified atom stereocenters. The normalized spacial score (nSPS) is 15.5. The molecule has 4 rings (SSSR count). The lowest BCUT2D eigenvalue weighted by Crippen LogP contribution is -2.26. The summed E-state index contributed by atoms with van der Waals surface area (Å²) in [5, 5.41) is 4.45. The maximum Gasteiger partial charge on any atom is 0.138 e. The Morgan fingerprint density at radius 2 is 1.74 bits per heavy atom. The lowest BCUT2D eigenvalue weighted by molar-refractivity contribution is 0.459. The molecule has 120 valence electrons. The van der Waals surface area contributed by atoms with Gasteiger partial charge in [-0.2, -0.15) is 0 Å². The molecule has 2 heterocycles. The van der Waals surface area contributed by atoms with Crippen molar-refractivity contribution in [1.29, 1.82) is 0 Å². The van der Waals surface area contributed by atoms with Crippen molar-refractivity contribution in [1.82, 2.24) is 5.32 Å². The molecule has 23 heavy (non-hydrogen) atoms. The zero-order valence-corrected chi connectivity index (χ0v) is 13.5. The van der Waals surface area contributed by atoms with Gasteiger partial charge >= 0.3 is 0 Å². The van der Waals surface area contributed by atoms with Gasteiger partial charge in [0, 0.05) is 22.6 Å². The van der Waals surface area contributed by atoms with Crippen molar-refractivity contribution >= 4 is 23.4 Å². The van der Waals surface area contributed by atoms with Gasteiger partial charge in [0.15, 0.2) is 0 Å². The molecule has 0 radical (unpaired) electrons. The summed E-state index contributed by atoms with van der Waals surface area (Å²) >= 11 is 0. The Bertz CT molecular complexity index is 794. The minimum absolute atomic E-state index is 0.